The van der Waals surface area contributed by atoms with Crippen molar-refractivity contribution in [1.82, 2.24) is 24.9 Å². The third-order valence-electron chi connectivity index (χ3n) is 6.30. The molecule has 6 aromatic rings. The predicted octanol–water partition coefficient (Wildman–Crippen LogP) is 6.94. The van der Waals surface area contributed by atoms with E-state index in [-0.39, 0.29) is 38.1 Å². The molecular weight excluding hydrogens is 741 g/mol. The van der Waals surface area contributed by atoms with Gasteiger partial charge >= 0.3 is 38.1 Å². The van der Waals surface area contributed by atoms with Crippen molar-refractivity contribution < 1.29 is 38.1 Å². The van der Waals surface area contributed by atoms with Crippen LogP contribution in [0.2, 0.25) is 0 Å². The molecule has 2 saturated carbocycles. The maximum atomic E-state index is 6.61. The zero-order valence-electron chi connectivity index (χ0n) is 22.1. The molecule has 0 bridgehead atoms. The van der Waals surface area contributed by atoms with Crippen LogP contribution in [-0.4, -0.2) is 24.9 Å². The number of pyridine rings is 3. The van der Waals surface area contributed by atoms with Crippen molar-refractivity contribution in [2.45, 2.75) is 0 Å². The fourth-order valence-electron chi connectivity index (χ4n) is 4.43. The molecule has 0 unspecified atom stereocenters. The summed E-state index contributed by atoms with van der Waals surface area (Å²) in [6, 6.07) is 21.7. The summed E-state index contributed by atoms with van der Waals surface area (Å²) in [4.78, 5) is 23.8. The molecule has 4 aromatic heterocycles. The Hall–Kier alpha value is -3.22. The van der Waals surface area contributed by atoms with Gasteiger partial charge in [-0.05, 0) is 106 Å². The maximum Gasteiger partial charge on any atom is 2.00 e. The molecule has 0 N–H and O–H groups in total. The van der Waals surface area contributed by atoms with Crippen LogP contribution in [-0.2, 0) is 38.1 Å². The molecule has 2 aliphatic carbocycles. The molecule has 2 aliphatic rings. The van der Waals surface area contributed by atoms with Crippen molar-refractivity contribution >= 4 is 43.9 Å². The summed E-state index contributed by atoms with van der Waals surface area (Å²) >= 11 is 0. The fraction of sp³-hybridized carbons (Fsp3) is 0. The number of benzene rings is 2. The Bertz CT molecular complexity index is 1800. The first-order chi connectivity index (χ1) is 19.8. The predicted molar refractivity (Wildman–Crippen MR) is 160 cm³/mol. The average Bonchev–Trinajstić information content (AvgIpc) is 3.79. The standard InChI is InChI=1S/C23H13N5.C7H4.C5H5.Fe.Pt/c1-2-9-18-17(8-1)26-22-14-6-5-13-25-20(14)21-15(23(22)27-18)10-11-19(28-21)16-7-3-4-12-24-16;1-2-7-5-3-4-6-7;1-2-4-5-3-1;;/h1-13H;3-6H;1-5H;;/q;-1;;2*+2. The summed E-state index contributed by atoms with van der Waals surface area (Å²) < 4.78 is 0. The van der Waals surface area contributed by atoms with Crippen molar-refractivity contribution in [1.29, 1.82) is 0 Å². The van der Waals surface area contributed by atoms with Gasteiger partial charge in [0.25, 0.3) is 0 Å². The summed E-state index contributed by atoms with van der Waals surface area (Å²) in [5.74, 6) is 3.10. The number of aromatic nitrogens is 5. The monoisotopic (exact) mass is 763 g/mol. The van der Waals surface area contributed by atoms with Crippen molar-refractivity contribution in [3.8, 4) is 17.3 Å². The number of fused-ring (bicyclic) bond motifs is 7. The topological polar surface area (TPSA) is 64.5 Å². The molecule has 42 heavy (non-hydrogen) atoms. The minimum atomic E-state index is 0. The second kappa shape index (κ2) is 15.3. The van der Waals surface area contributed by atoms with E-state index in [1.165, 1.54) is 0 Å². The molecule has 2 aromatic carbocycles. The van der Waals surface area contributed by atoms with Gasteiger partial charge in [0.1, 0.15) is 0 Å². The average molecular weight is 764 g/mol. The summed E-state index contributed by atoms with van der Waals surface area (Å²) in [5.41, 5.74) is 6.72. The van der Waals surface area contributed by atoms with Gasteiger partial charge in [-0.3, -0.25) is 9.97 Å². The fourth-order valence-corrected chi connectivity index (χ4v) is 4.43. The van der Waals surface area contributed by atoms with Gasteiger partial charge in [-0.15, -0.1) is 0 Å². The van der Waals surface area contributed by atoms with E-state index in [0.717, 1.165) is 61.2 Å². The van der Waals surface area contributed by atoms with Crippen LogP contribution < -0.4 is 0 Å². The van der Waals surface area contributed by atoms with E-state index in [1.54, 1.807) is 12.4 Å². The summed E-state index contributed by atoms with van der Waals surface area (Å²) in [5, 5.41) is 1.90. The quantitative estimate of drug-likeness (QED) is 0.0598. The minimum Gasteiger partial charge on any atom is -0.693 e. The van der Waals surface area contributed by atoms with Crippen LogP contribution in [0.25, 0.3) is 55.3 Å². The van der Waals surface area contributed by atoms with Gasteiger partial charge in [0.15, 0.2) is 0 Å². The van der Waals surface area contributed by atoms with Gasteiger partial charge < -0.3 is 12.3 Å². The molecule has 4 heterocycles. The van der Waals surface area contributed by atoms with Crippen molar-refractivity contribution in [2.75, 3.05) is 0 Å². The molecule has 2 fully saturated rings. The van der Waals surface area contributed by atoms with Gasteiger partial charge in [-0.25, -0.2) is 15.0 Å². The van der Waals surface area contributed by atoms with E-state index in [4.69, 9.17) is 21.4 Å². The van der Waals surface area contributed by atoms with Gasteiger partial charge in [0.2, 0.25) is 0 Å². The van der Waals surface area contributed by atoms with Crippen LogP contribution in [0.1, 0.15) is 0 Å². The molecule has 0 atom stereocenters. The molecule has 8 rings (SSSR count). The normalized spacial score (nSPS) is 14.3. The largest absolute Gasteiger partial charge is 2.00 e. The first-order valence-electron chi connectivity index (χ1n) is 12.8. The summed E-state index contributed by atoms with van der Waals surface area (Å²) in [7, 11) is 0. The van der Waals surface area contributed by atoms with Crippen LogP contribution in [0, 0.1) is 76.0 Å². The number of para-hydroxylation sites is 2. The van der Waals surface area contributed by atoms with Crippen LogP contribution in [0.5, 0.6) is 0 Å². The van der Waals surface area contributed by atoms with Crippen LogP contribution in [0.4, 0.5) is 0 Å². The Morgan fingerprint density at radius 2 is 1.07 bits per heavy atom. The molecule has 0 aliphatic heterocycles. The van der Waals surface area contributed by atoms with Crippen molar-refractivity contribution in [2.24, 2.45) is 0 Å². The minimum absolute atomic E-state index is 0. The van der Waals surface area contributed by atoms with E-state index < -0.39 is 0 Å². The van der Waals surface area contributed by atoms with Crippen molar-refractivity contribution in [3.63, 3.8) is 0 Å². The van der Waals surface area contributed by atoms with Gasteiger partial charge in [-0.2, -0.15) is 0 Å². The van der Waals surface area contributed by atoms with E-state index in [9.17, 15) is 0 Å². The molecule has 0 spiro atoms. The second-order valence-electron chi connectivity index (χ2n) is 8.88. The number of hydrogen-bond acceptors (Lipinski definition) is 5. The second-order valence-corrected chi connectivity index (χ2v) is 8.88. The summed E-state index contributed by atoms with van der Waals surface area (Å²) in [6.45, 7) is 0. The zero-order chi connectivity index (χ0) is 27.1. The molecule has 202 valence electrons. The molecule has 5 nitrogen and oxygen atoms in total. The Labute approximate surface area is 272 Å². The third kappa shape index (κ3) is 7.04. The zero-order valence-corrected chi connectivity index (χ0v) is 25.5. The Morgan fingerprint density at radius 3 is 1.64 bits per heavy atom. The molecular formula is C35H22FeN5Pt+3. The van der Waals surface area contributed by atoms with E-state index in [0.29, 0.717) is 0 Å². The van der Waals surface area contributed by atoms with Crippen LogP contribution in [0.3, 0.4) is 0 Å². The van der Waals surface area contributed by atoms with Crippen LogP contribution >= 0.6 is 0 Å². The molecule has 0 saturated heterocycles. The van der Waals surface area contributed by atoms with Crippen molar-refractivity contribution in [3.05, 3.63) is 149 Å². The van der Waals surface area contributed by atoms with E-state index >= 15 is 0 Å². The number of rotatable bonds is 1. The Balaban J connectivity index is 0.000000242. The molecule has 7 heteroatoms. The van der Waals surface area contributed by atoms with Gasteiger partial charge in [0.05, 0.1) is 44.5 Å². The maximum absolute atomic E-state index is 6.61. The summed E-state index contributed by atoms with van der Waals surface area (Å²) in [6.07, 6.45) is 27.6. The Kier molecular flexibility index (Phi) is 11.6. The van der Waals surface area contributed by atoms with E-state index in [1.807, 2.05) is 125 Å². The third-order valence-corrected chi connectivity index (χ3v) is 6.30. The molecule has 0 amide bonds. The number of nitrogens with zero attached hydrogens (tertiary/aromatic N) is 5. The Morgan fingerprint density at radius 1 is 0.500 bits per heavy atom. The van der Waals surface area contributed by atoms with E-state index in [2.05, 4.69) is 15.9 Å². The smallest absolute Gasteiger partial charge is 0.693 e. The SMILES string of the molecule is [C-]#C[C]1[CH][CH][CH][CH]1.[CH]1[CH][CH][CH][CH]1.[Fe+2].[Pt+2].c1ccc(-c2ccc3c(n2)c2ncccc2c2nc4ccccc4nc32)nc1. The first-order valence-corrected chi connectivity index (χ1v) is 12.8. The van der Waals surface area contributed by atoms with Crippen LogP contribution in [0.15, 0.2) is 79.1 Å². The van der Waals surface area contributed by atoms with Gasteiger partial charge in [0, 0.05) is 29.1 Å². The number of hydrogen-bond donors (Lipinski definition) is 0. The van der Waals surface area contributed by atoms with Gasteiger partial charge in [-0.1, -0.05) is 18.2 Å². The molecule has 10 radical (unpaired) electrons. The first kappa shape index (κ1) is 31.7.